The molecule has 2 aliphatic carbocycles. The Morgan fingerprint density at radius 3 is 1.92 bits per heavy atom. The minimum atomic E-state index is 0.901. The van der Waals surface area contributed by atoms with E-state index in [2.05, 4.69) is 32.9 Å². The van der Waals surface area contributed by atoms with Gasteiger partial charge >= 0.3 is 0 Å². The lowest BCUT2D eigenvalue weighted by molar-refractivity contribution is 0.151. The van der Waals surface area contributed by atoms with E-state index in [1.807, 2.05) is 13.8 Å². The van der Waals surface area contributed by atoms with Gasteiger partial charge in [-0.1, -0.05) is 66.0 Å². The summed E-state index contributed by atoms with van der Waals surface area (Å²) in [5, 5.41) is 0. The highest BCUT2D eigenvalue weighted by molar-refractivity contribution is 4.87. The van der Waals surface area contributed by atoms with Crippen LogP contribution in [0.1, 0.15) is 112 Å². The second kappa shape index (κ2) is 13.0. The van der Waals surface area contributed by atoms with Gasteiger partial charge < -0.3 is 0 Å². The summed E-state index contributed by atoms with van der Waals surface area (Å²) >= 11 is 0. The maximum Gasteiger partial charge on any atom is -0.0322 e. The Kier molecular flexibility index (Phi) is 11.8. The normalized spacial score (nSPS) is 32.2. The van der Waals surface area contributed by atoms with Gasteiger partial charge in [0.25, 0.3) is 0 Å². The van der Waals surface area contributed by atoms with Crippen LogP contribution in [0.25, 0.3) is 0 Å². The van der Waals surface area contributed by atoms with Crippen LogP contribution in [0.2, 0.25) is 0 Å². The van der Waals surface area contributed by atoms with Crippen LogP contribution in [0.3, 0.4) is 0 Å². The molecule has 0 N–H and O–H groups in total. The monoisotopic (exact) mass is 334 g/mol. The van der Waals surface area contributed by atoms with Crippen molar-refractivity contribution in [1.82, 2.24) is 0 Å². The summed E-state index contributed by atoms with van der Waals surface area (Å²) in [6.07, 6.45) is 22.5. The first-order valence-electron chi connectivity index (χ1n) is 11.3. The minimum absolute atomic E-state index is 0.901. The molecule has 0 heteroatoms. The maximum atomic E-state index is 2.50. The zero-order chi connectivity index (χ0) is 17.8. The van der Waals surface area contributed by atoms with Crippen LogP contribution in [-0.4, -0.2) is 0 Å². The summed E-state index contributed by atoms with van der Waals surface area (Å²) in [6, 6.07) is 0. The van der Waals surface area contributed by atoms with E-state index in [4.69, 9.17) is 0 Å². The topological polar surface area (TPSA) is 0 Å². The van der Waals surface area contributed by atoms with Crippen molar-refractivity contribution in [2.45, 2.75) is 112 Å². The van der Waals surface area contributed by atoms with Crippen molar-refractivity contribution in [3.63, 3.8) is 0 Å². The molecular weight excluding hydrogens is 288 g/mol. The van der Waals surface area contributed by atoms with E-state index < -0.39 is 0 Å². The average molecular weight is 335 g/mol. The minimum Gasteiger partial charge on any atom is -0.0885 e. The molecule has 0 heterocycles. The van der Waals surface area contributed by atoms with Gasteiger partial charge in [-0.2, -0.15) is 0 Å². The van der Waals surface area contributed by atoms with Crippen LogP contribution < -0.4 is 0 Å². The first-order chi connectivity index (χ1) is 11.7. The smallest absolute Gasteiger partial charge is 0.0322 e. The summed E-state index contributed by atoms with van der Waals surface area (Å²) in [5.41, 5.74) is 0. The van der Waals surface area contributed by atoms with Gasteiger partial charge in [-0.3, -0.25) is 0 Å². The number of rotatable bonds is 7. The third-order valence-electron chi connectivity index (χ3n) is 6.78. The molecule has 0 aliphatic heterocycles. The molecule has 2 aliphatic rings. The third kappa shape index (κ3) is 8.21. The molecule has 2 rings (SSSR count). The van der Waals surface area contributed by atoms with Crippen molar-refractivity contribution < 1.29 is 0 Å². The van der Waals surface area contributed by atoms with Crippen LogP contribution >= 0.6 is 0 Å². The molecule has 142 valence electrons. The molecule has 0 saturated heterocycles. The van der Waals surface area contributed by atoms with E-state index in [1.54, 1.807) is 0 Å². The van der Waals surface area contributed by atoms with E-state index in [1.165, 1.54) is 77.0 Å². The Morgan fingerprint density at radius 2 is 1.38 bits per heavy atom. The zero-order valence-electron chi connectivity index (χ0n) is 17.5. The predicted octanol–water partition coefficient (Wildman–Crippen LogP) is 8.42. The first-order valence-corrected chi connectivity index (χ1v) is 11.3. The molecule has 0 spiro atoms. The number of hydrogen-bond donors (Lipinski definition) is 0. The summed E-state index contributed by atoms with van der Waals surface area (Å²) in [6.45, 7) is 11.1. The molecule has 0 aromatic rings. The second-order valence-electron chi connectivity index (χ2n) is 8.60. The summed E-state index contributed by atoms with van der Waals surface area (Å²) < 4.78 is 0. The fourth-order valence-corrected chi connectivity index (χ4v) is 4.64. The van der Waals surface area contributed by atoms with Crippen molar-refractivity contribution >= 4 is 0 Å². The Morgan fingerprint density at radius 1 is 0.833 bits per heavy atom. The van der Waals surface area contributed by atoms with Crippen molar-refractivity contribution in [3.05, 3.63) is 12.2 Å². The molecule has 1 unspecified atom stereocenters. The molecule has 0 radical (unpaired) electrons. The van der Waals surface area contributed by atoms with Gasteiger partial charge in [0.05, 0.1) is 0 Å². The Balaban J connectivity index is 0.00000139. The molecular formula is C24H46. The molecule has 0 bridgehead atoms. The van der Waals surface area contributed by atoms with Crippen LogP contribution in [0, 0.1) is 29.6 Å². The lowest BCUT2D eigenvalue weighted by Gasteiger charge is -2.37. The fraction of sp³-hybridized carbons (Fsp3) is 0.917. The molecule has 0 amide bonds. The molecule has 2 saturated carbocycles. The van der Waals surface area contributed by atoms with Gasteiger partial charge in [0.2, 0.25) is 0 Å². The van der Waals surface area contributed by atoms with E-state index >= 15 is 0 Å². The molecule has 0 nitrogen and oxygen atoms in total. The van der Waals surface area contributed by atoms with Crippen molar-refractivity contribution in [3.8, 4) is 0 Å². The van der Waals surface area contributed by atoms with Crippen molar-refractivity contribution in [1.29, 1.82) is 0 Å². The van der Waals surface area contributed by atoms with Crippen LogP contribution in [0.4, 0.5) is 0 Å². The molecule has 0 aromatic heterocycles. The van der Waals surface area contributed by atoms with Gasteiger partial charge in [-0.25, -0.2) is 0 Å². The van der Waals surface area contributed by atoms with Crippen LogP contribution in [0.15, 0.2) is 12.2 Å². The van der Waals surface area contributed by atoms with Gasteiger partial charge in [0.1, 0.15) is 0 Å². The first kappa shape index (κ1) is 21.8. The lowest BCUT2D eigenvalue weighted by Crippen LogP contribution is -2.25. The summed E-state index contributed by atoms with van der Waals surface area (Å²) in [5.74, 6) is 5.08. The Hall–Kier alpha value is -0.260. The Labute approximate surface area is 153 Å². The fourth-order valence-electron chi connectivity index (χ4n) is 4.64. The van der Waals surface area contributed by atoms with Crippen molar-refractivity contribution in [2.24, 2.45) is 29.6 Å². The van der Waals surface area contributed by atoms with Crippen molar-refractivity contribution in [2.75, 3.05) is 0 Å². The average Bonchev–Trinajstić information content (AvgIpc) is 2.64. The quantitative estimate of drug-likeness (QED) is 0.410. The van der Waals surface area contributed by atoms with Gasteiger partial charge in [-0.05, 0) is 87.4 Å². The third-order valence-corrected chi connectivity index (χ3v) is 6.78. The maximum absolute atomic E-state index is 2.50. The number of hydrogen-bond acceptors (Lipinski definition) is 0. The molecule has 24 heavy (non-hydrogen) atoms. The van der Waals surface area contributed by atoms with Gasteiger partial charge in [-0.15, -0.1) is 0 Å². The zero-order valence-corrected chi connectivity index (χ0v) is 17.5. The van der Waals surface area contributed by atoms with E-state index in [9.17, 15) is 0 Å². The van der Waals surface area contributed by atoms with E-state index in [-0.39, 0.29) is 0 Å². The summed E-state index contributed by atoms with van der Waals surface area (Å²) in [7, 11) is 0. The standard InChI is InChI=1S/C22H40.C2H6/c1-4-18(2)8-6-5-7-9-20-12-16-22(17-13-20)21-14-10-19(3)11-15-21;1-2/h5,7,18-22H,4,6,8-17H2,1-3H3;1-2H3/b7-5-;. The number of allylic oxidation sites excluding steroid dienone is 2. The predicted molar refractivity (Wildman–Crippen MR) is 110 cm³/mol. The van der Waals surface area contributed by atoms with Gasteiger partial charge in [0.15, 0.2) is 0 Å². The van der Waals surface area contributed by atoms with Crippen LogP contribution in [-0.2, 0) is 0 Å². The largest absolute Gasteiger partial charge is 0.0885 e. The van der Waals surface area contributed by atoms with Gasteiger partial charge in [0, 0.05) is 0 Å². The highest BCUT2D eigenvalue weighted by Crippen LogP contribution is 2.41. The lowest BCUT2D eigenvalue weighted by atomic mass is 9.69. The van der Waals surface area contributed by atoms with Crippen LogP contribution in [0.5, 0.6) is 0 Å². The highest BCUT2D eigenvalue weighted by Gasteiger charge is 2.29. The van der Waals surface area contributed by atoms with E-state index in [0.29, 0.717) is 0 Å². The molecule has 1 atom stereocenters. The van der Waals surface area contributed by atoms with E-state index in [0.717, 1.165) is 29.6 Å². The Bertz CT molecular complexity index is 300. The molecule has 2 fully saturated rings. The second-order valence-corrected chi connectivity index (χ2v) is 8.60. The SMILES string of the molecule is CC.CCC(C)CC/C=C\CC1CCC(C2CCC(C)CC2)CC1. The molecule has 0 aromatic carbocycles. The highest BCUT2D eigenvalue weighted by atomic mass is 14.3. The summed E-state index contributed by atoms with van der Waals surface area (Å²) in [4.78, 5) is 0.